The molecule has 0 spiro atoms. The van der Waals surface area contributed by atoms with Crippen LogP contribution >= 0.6 is 0 Å². The van der Waals surface area contributed by atoms with E-state index in [0.29, 0.717) is 5.91 Å². The van der Waals surface area contributed by atoms with Crippen molar-refractivity contribution in [1.29, 1.82) is 0 Å². The Hall–Kier alpha value is -2.43. The molecule has 0 radical (unpaired) electrons. The summed E-state index contributed by atoms with van der Waals surface area (Å²) in [7, 11) is 0. The molecule has 25 heavy (non-hydrogen) atoms. The highest BCUT2D eigenvalue weighted by atomic mass is 16.2. The molecule has 2 aromatic rings. The summed E-state index contributed by atoms with van der Waals surface area (Å²) in [6.45, 7) is 2.57. The highest BCUT2D eigenvalue weighted by Crippen LogP contribution is 2.34. The molecular weight excluding hydrogens is 312 g/mol. The minimum absolute atomic E-state index is 0.0556. The van der Waals surface area contributed by atoms with Gasteiger partial charge in [0, 0.05) is 32.0 Å². The molecule has 0 saturated carbocycles. The van der Waals surface area contributed by atoms with Gasteiger partial charge in [0.1, 0.15) is 5.82 Å². The molecule has 5 nitrogen and oxygen atoms in total. The van der Waals surface area contributed by atoms with E-state index in [1.807, 2.05) is 6.07 Å². The smallest absolute Gasteiger partial charge is 0.227 e. The van der Waals surface area contributed by atoms with Crippen LogP contribution in [-0.2, 0) is 4.79 Å². The van der Waals surface area contributed by atoms with Crippen molar-refractivity contribution in [2.75, 3.05) is 24.5 Å². The van der Waals surface area contributed by atoms with E-state index in [0.717, 1.165) is 51.1 Å². The van der Waals surface area contributed by atoms with Crippen molar-refractivity contribution in [2.24, 2.45) is 5.92 Å². The predicted octanol–water partition coefficient (Wildman–Crippen LogP) is 3.06. The number of hydrogen-bond acceptors (Lipinski definition) is 4. The monoisotopic (exact) mass is 336 g/mol. The van der Waals surface area contributed by atoms with Crippen LogP contribution in [0.5, 0.6) is 0 Å². The van der Waals surface area contributed by atoms with Gasteiger partial charge in [-0.1, -0.05) is 30.3 Å². The SMILES string of the molecule is O=C([C@H]1CCCN(c2cnccn2)C1)N1CCC[C@H]1c1ccccc1. The second-order valence-electron chi connectivity index (χ2n) is 6.95. The van der Waals surface area contributed by atoms with Crippen LogP contribution in [0.1, 0.15) is 37.3 Å². The maximum atomic E-state index is 13.2. The van der Waals surface area contributed by atoms with Crippen LogP contribution in [-0.4, -0.2) is 40.4 Å². The van der Waals surface area contributed by atoms with Crippen molar-refractivity contribution in [3.8, 4) is 0 Å². The van der Waals surface area contributed by atoms with E-state index in [9.17, 15) is 4.79 Å². The number of rotatable bonds is 3. The van der Waals surface area contributed by atoms with Gasteiger partial charge in [-0.2, -0.15) is 0 Å². The average Bonchev–Trinajstić information content (AvgIpc) is 3.19. The molecule has 3 heterocycles. The number of hydrogen-bond donors (Lipinski definition) is 0. The first kappa shape index (κ1) is 16.1. The molecule has 2 aliphatic heterocycles. The van der Waals surface area contributed by atoms with Crippen LogP contribution < -0.4 is 4.90 Å². The Balaban J connectivity index is 1.48. The van der Waals surface area contributed by atoms with E-state index in [1.54, 1.807) is 18.6 Å². The fraction of sp³-hybridized carbons (Fsp3) is 0.450. The average molecular weight is 336 g/mol. The highest BCUT2D eigenvalue weighted by Gasteiger charge is 2.35. The minimum atomic E-state index is 0.0556. The Morgan fingerprint density at radius 2 is 1.88 bits per heavy atom. The van der Waals surface area contributed by atoms with Crippen molar-refractivity contribution >= 4 is 11.7 Å². The Labute approximate surface area is 148 Å². The molecule has 2 saturated heterocycles. The molecule has 4 rings (SSSR count). The summed E-state index contributed by atoms with van der Waals surface area (Å²) in [5.74, 6) is 1.24. The van der Waals surface area contributed by atoms with Crippen LogP contribution in [0.15, 0.2) is 48.9 Å². The number of aromatic nitrogens is 2. The summed E-state index contributed by atoms with van der Waals surface area (Å²) in [5, 5.41) is 0. The van der Waals surface area contributed by atoms with Crippen molar-refractivity contribution in [3.63, 3.8) is 0 Å². The van der Waals surface area contributed by atoms with Crippen molar-refractivity contribution in [3.05, 3.63) is 54.5 Å². The zero-order valence-corrected chi connectivity index (χ0v) is 14.4. The summed E-state index contributed by atoms with van der Waals surface area (Å²) in [4.78, 5) is 26.1. The lowest BCUT2D eigenvalue weighted by Crippen LogP contribution is -2.45. The Bertz CT molecular complexity index is 706. The zero-order chi connectivity index (χ0) is 17.1. The lowest BCUT2D eigenvalue weighted by molar-refractivity contribution is -0.136. The second kappa shape index (κ2) is 7.21. The van der Waals surface area contributed by atoms with Crippen molar-refractivity contribution < 1.29 is 4.79 Å². The number of carbonyl (C=O) groups excluding carboxylic acids is 1. The van der Waals surface area contributed by atoms with Crippen LogP contribution in [0.2, 0.25) is 0 Å². The standard InChI is InChI=1S/C20H24N4O/c25-20(24-13-5-9-18(24)16-6-2-1-3-7-16)17-8-4-12-23(15-17)19-14-21-10-11-22-19/h1-3,6-7,10-11,14,17-18H,4-5,8-9,12-13,15H2/t17-,18-/m0/s1. The van der Waals surface area contributed by atoms with E-state index >= 15 is 0 Å². The summed E-state index contributed by atoms with van der Waals surface area (Å²) in [6.07, 6.45) is 9.33. The zero-order valence-electron chi connectivity index (χ0n) is 14.4. The number of likely N-dealkylation sites (tertiary alicyclic amines) is 1. The third-order valence-corrected chi connectivity index (χ3v) is 5.36. The molecule has 1 aromatic heterocycles. The normalized spacial score (nSPS) is 23.7. The van der Waals surface area contributed by atoms with E-state index in [1.165, 1.54) is 5.56 Å². The van der Waals surface area contributed by atoms with E-state index < -0.39 is 0 Å². The Kier molecular flexibility index (Phi) is 4.63. The number of piperidine rings is 1. The molecule has 1 amide bonds. The number of anilines is 1. The largest absolute Gasteiger partial charge is 0.355 e. The van der Waals surface area contributed by atoms with Crippen molar-refractivity contribution in [1.82, 2.24) is 14.9 Å². The number of nitrogens with zero attached hydrogens (tertiary/aromatic N) is 4. The van der Waals surface area contributed by atoms with Gasteiger partial charge in [0.2, 0.25) is 5.91 Å². The molecule has 1 aromatic carbocycles. The number of benzene rings is 1. The quantitative estimate of drug-likeness (QED) is 0.864. The van der Waals surface area contributed by atoms with Gasteiger partial charge in [-0.05, 0) is 31.2 Å². The van der Waals surface area contributed by atoms with E-state index in [2.05, 4.69) is 44.0 Å². The molecule has 0 aliphatic carbocycles. The second-order valence-corrected chi connectivity index (χ2v) is 6.95. The topological polar surface area (TPSA) is 49.3 Å². The lowest BCUT2D eigenvalue weighted by atomic mass is 9.95. The summed E-state index contributed by atoms with van der Waals surface area (Å²) in [6, 6.07) is 10.7. The number of amides is 1. The fourth-order valence-electron chi connectivity index (χ4n) is 4.13. The summed E-state index contributed by atoms with van der Waals surface area (Å²) in [5.41, 5.74) is 1.26. The summed E-state index contributed by atoms with van der Waals surface area (Å²) >= 11 is 0. The van der Waals surface area contributed by atoms with Gasteiger partial charge >= 0.3 is 0 Å². The molecule has 130 valence electrons. The molecule has 2 atom stereocenters. The molecular formula is C20H24N4O. The highest BCUT2D eigenvalue weighted by molar-refractivity contribution is 5.80. The molecule has 0 unspecified atom stereocenters. The van der Waals surface area contributed by atoms with E-state index in [-0.39, 0.29) is 12.0 Å². The van der Waals surface area contributed by atoms with Gasteiger partial charge in [-0.3, -0.25) is 9.78 Å². The van der Waals surface area contributed by atoms with Crippen LogP contribution in [0.4, 0.5) is 5.82 Å². The third kappa shape index (κ3) is 3.36. The molecule has 0 bridgehead atoms. The maximum absolute atomic E-state index is 13.2. The Morgan fingerprint density at radius 1 is 1.04 bits per heavy atom. The Morgan fingerprint density at radius 3 is 2.68 bits per heavy atom. The van der Waals surface area contributed by atoms with Gasteiger partial charge in [0.15, 0.2) is 0 Å². The first-order chi connectivity index (χ1) is 12.3. The number of carbonyl (C=O) groups is 1. The van der Waals surface area contributed by atoms with Crippen LogP contribution in [0.25, 0.3) is 0 Å². The molecule has 0 N–H and O–H groups in total. The van der Waals surface area contributed by atoms with Gasteiger partial charge < -0.3 is 9.80 Å². The van der Waals surface area contributed by atoms with E-state index in [4.69, 9.17) is 0 Å². The van der Waals surface area contributed by atoms with Crippen molar-refractivity contribution in [2.45, 2.75) is 31.7 Å². The van der Waals surface area contributed by atoms with Gasteiger partial charge in [-0.25, -0.2) is 4.98 Å². The van der Waals surface area contributed by atoms with Gasteiger partial charge in [-0.15, -0.1) is 0 Å². The third-order valence-electron chi connectivity index (χ3n) is 5.36. The first-order valence-corrected chi connectivity index (χ1v) is 9.19. The first-order valence-electron chi connectivity index (χ1n) is 9.19. The van der Waals surface area contributed by atoms with Crippen LogP contribution in [0.3, 0.4) is 0 Å². The molecule has 2 fully saturated rings. The van der Waals surface area contributed by atoms with Gasteiger partial charge in [0.25, 0.3) is 0 Å². The molecule has 2 aliphatic rings. The van der Waals surface area contributed by atoms with Crippen LogP contribution in [0, 0.1) is 5.92 Å². The maximum Gasteiger partial charge on any atom is 0.227 e. The molecule has 5 heteroatoms. The summed E-state index contributed by atoms with van der Waals surface area (Å²) < 4.78 is 0. The fourth-order valence-corrected chi connectivity index (χ4v) is 4.13. The lowest BCUT2D eigenvalue weighted by Gasteiger charge is -2.36. The predicted molar refractivity (Wildman–Crippen MR) is 97.1 cm³/mol. The minimum Gasteiger partial charge on any atom is -0.355 e. The van der Waals surface area contributed by atoms with Gasteiger partial charge in [0.05, 0.1) is 18.2 Å².